The summed E-state index contributed by atoms with van der Waals surface area (Å²) >= 11 is 3.91. The number of nitrogens with one attached hydrogen (secondary N) is 2. The molecule has 0 aliphatic carbocycles. The van der Waals surface area contributed by atoms with Crippen LogP contribution in [0.25, 0.3) is 0 Å². The Balaban J connectivity index is 1.54. The molecule has 3 rings (SSSR count). The van der Waals surface area contributed by atoms with Crippen LogP contribution in [-0.4, -0.2) is 27.8 Å². The minimum absolute atomic E-state index is 0.162. The van der Waals surface area contributed by atoms with Gasteiger partial charge in [-0.1, -0.05) is 41.3 Å². The number of thiophene rings is 1. The van der Waals surface area contributed by atoms with E-state index in [0.717, 1.165) is 11.3 Å². The van der Waals surface area contributed by atoms with E-state index in [1.807, 2.05) is 31.2 Å². The molecular formula is C16H15N5O2S3. The van der Waals surface area contributed by atoms with E-state index < -0.39 is 5.91 Å². The molecule has 134 valence electrons. The number of amides is 2. The summed E-state index contributed by atoms with van der Waals surface area (Å²) in [7, 11) is 0. The van der Waals surface area contributed by atoms with Crippen molar-refractivity contribution < 1.29 is 9.59 Å². The summed E-state index contributed by atoms with van der Waals surface area (Å²) in [6.45, 7) is 2.01. The largest absolute Gasteiger partial charge is 0.366 e. The van der Waals surface area contributed by atoms with Crippen LogP contribution in [0.15, 0.2) is 40.1 Å². The molecule has 0 radical (unpaired) electrons. The van der Waals surface area contributed by atoms with Gasteiger partial charge in [0.2, 0.25) is 11.0 Å². The Morgan fingerprint density at radius 2 is 2.04 bits per heavy atom. The van der Waals surface area contributed by atoms with Gasteiger partial charge < -0.3 is 16.4 Å². The maximum atomic E-state index is 12.1. The Labute approximate surface area is 162 Å². The molecule has 0 atom stereocenters. The second kappa shape index (κ2) is 8.30. The molecule has 7 nitrogen and oxygen atoms in total. The van der Waals surface area contributed by atoms with Crippen molar-refractivity contribution in [3.63, 3.8) is 0 Å². The second-order valence-corrected chi connectivity index (χ2v) is 8.29. The lowest BCUT2D eigenvalue weighted by Gasteiger charge is -2.04. The molecule has 0 aliphatic rings. The predicted octanol–water partition coefficient (Wildman–Crippen LogP) is 3.48. The molecule has 0 saturated carbocycles. The molecule has 26 heavy (non-hydrogen) atoms. The highest BCUT2D eigenvalue weighted by molar-refractivity contribution is 8.01. The van der Waals surface area contributed by atoms with E-state index in [9.17, 15) is 9.59 Å². The predicted molar refractivity (Wildman–Crippen MR) is 107 cm³/mol. The third-order valence-electron chi connectivity index (χ3n) is 3.30. The first-order valence-electron chi connectivity index (χ1n) is 7.49. The molecule has 0 aliphatic heterocycles. The van der Waals surface area contributed by atoms with Gasteiger partial charge in [-0.3, -0.25) is 9.59 Å². The molecule has 0 fully saturated rings. The van der Waals surface area contributed by atoms with Crippen LogP contribution in [0, 0.1) is 6.92 Å². The molecule has 2 amide bonds. The monoisotopic (exact) mass is 405 g/mol. The van der Waals surface area contributed by atoms with Crippen LogP contribution in [0.3, 0.4) is 0 Å². The van der Waals surface area contributed by atoms with Gasteiger partial charge in [0.15, 0.2) is 4.34 Å². The number of hydrogen-bond acceptors (Lipinski definition) is 8. The van der Waals surface area contributed by atoms with E-state index in [1.165, 1.54) is 34.4 Å². The first-order chi connectivity index (χ1) is 12.5. The third kappa shape index (κ3) is 4.59. The zero-order chi connectivity index (χ0) is 18.5. The second-order valence-electron chi connectivity index (χ2n) is 5.18. The number of hydrogen-bond donors (Lipinski definition) is 3. The maximum Gasteiger partial charge on any atom is 0.251 e. The van der Waals surface area contributed by atoms with Gasteiger partial charge >= 0.3 is 0 Å². The maximum absolute atomic E-state index is 12.1. The number of thioether (sulfide) groups is 1. The van der Waals surface area contributed by atoms with Crippen molar-refractivity contribution in [2.24, 2.45) is 5.73 Å². The Bertz CT molecular complexity index is 937. The average Bonchev–Trinajstić information content (AvgIpc) is 3.24. The van der Waals surface area contributed by atoms with E-state index in [2.05, 4.69) is 20.8 Å². The van der Waals surface area contributed by atoms with Gasteiger partial charge in [0, 0.05) is 5.69 Å². The minimum atomic E-state index is -0.565. The van der Waals surface area contributed by atoms with Crippen LogP contribution in [0.4, 0.5) is 15.8 Å². The number of carbonyl (C=O) groups excluding carboxylic acids is 2. The normalized spacial score (nSPS) is 10.5. The van der Waals surface area contributed by atoms with E-state index in [4.69, 9.17) is 5.73 Å². The Kier molecular flexibility index (Phi) is 5.86. The Hall–Kier alpha value is -2.43. The van der Waals surface area contributed by atoms with Crippen molar-refractivity contribution >= 4 is 62.1 Å². The van der Waals surface area contributed by atoms with Gasteiger partial charge in [-0.15, -0.1) is 21.5 Å². The van der Waals surface area contributed by atoms with E-state index in [0.29, 0.717) is 20.0 Å². The average molecular weight is 406 g/mol. The molecule has 0 unspecified atom stereocenters. The zero-order valence-corrected chi connectivity index (χ0v) is 16.1. The van der Waals surface area contributed by atoms with Crippen molar-refractivity contribution in [2.45, 2.75) is 11.3 Å². The lowest BCUT2D eigenvalue weighted by molar-refractivity contribution is -0.113. The van der Waals surface area contributed by atoms with Crippen LogP contribution in [0.2, 0.25) is 0 Å². The van der Waals surface area contributed by atoms with Crippen molar-refractivity contribution in [2.75, 3.05) is 16.4 Å². The highest BCUT2D eigenvalue weighted by Gasteiger charge is 2.14. The molecule has 4 N–H and O–H groups in total. The third-order valence-corrected chi connectivity index (χ3v) is 6.11. The van der Waals surface area contributed by atoms with Crippen molar-refractivity contribution in [1.82, 2.24) is 10.2 Å². The molecule has 3 aromatic rings. The lowest BCUT2D eigenvalue weighted by Crippen LogP contribution is -2.17. The number of carbonyl (C=O) groups is 2. The summed E-state index contributed by atoms with van der Waals surface area (Å²) < 4.78 is 0.678. The lowest BCUT2D eigenvalue weighted by atomic mass is 10.2. The first-order valence-corrected chi connectivity index (χ1v) is 10.2. The van der Waals surface area contributed by atoms with Crippen LogP contribution in [-0.2, 0) is 4.79 Å². The van der Waals surface area contributed by atoms with Crippen molar-refractivity contribution in [3.8, 4) is 0 Å². The topological polar surface area (TPSA) is 110 Å². The van der Waals surface area contributed by atoms with E-state index in [-0.39, 0.29) is 11.7 Å². The van der Waals surface area contributed by atoms with Gasteiger partial charge in [-0.2, -0.15) is 0 Å². The molecule has 0 spiro atoms. The number of benzene rings is 1. The van der Waals surface area contributed by atoms with Crippen molar-refractivity contribution in [3.05, 3.63) is 46.8 Å². The highest BCUT2D eigenvalue weighted by Crippen LogP contribution is 2.29. The number of rotatable bonds is 7. The molecule has 2 heterocycles. The standard InChI is InChI=1S/C16H15N5O2S3/c1-9-4-2-3-5-11(9)18-15-20-21-16(26-15)25-8-12(22)19-14-10(13(17)23)6-7-24-14/h2-7H,8H2,1H3,(H2,17,23)(H,18,20)(H,19,22). The van der Waals surface area contributed by atoms with Crippen LogP contribution < -0.4 is 16.4 Å². The summed E-state index contributed by atoms with van der Waals surface area (Å²) in [5, 5.41) is 16.9. The van der Waals surface area contributed by atoms with E-state index >= 15 is 0 Å². The molecule has 10 heteroatoms. The van der Waals surface area contributed by atoms with Gasteiger partial charge in [-0.25, -0.2) is 0 Å². The fourth-order valence-corrected chi connectivity index (χ4v) is 4.41. The summed E-state index contributed by atoms with van der Waals surface area (Å²) in [5.74, 6) is -0.636. The highest BCUT2D eigenvalue weighted by atomic mass is 32.2. The number of nitrogens with zero attached hydrogens (tertiary/aromatic N) is 2. The Morgan fingerprint density at radius 3 is 2.81 bits per heavy atom. The zero-order valence-electron chi connectivity index (χ0n) is 13.7. The first kappa shape index (κ1) is 18.4. The number of aromatic nitrogens is 2. The number of primary amides is 1. The van der Waals surface area contributed by atoms with Gasteiger partial charge in [-0.05, 0) is 30.0 Å². The van der Waals surface area contributed by atoms with E-state index in [1.54, 1.807) is 11.4 Å². The fourth-order valence-electron chi connectivity index (χ4n) is 2.04. The van der Waals surface area contributed by atoms with Crippen LogP contribution >= 0.6 is 34.4 Å². The number of para-hydroxylation sites is 1. The summed E-state index contributed by atoms with van der Waals surface area (Å²) in [5.41, 5.74) is 7.65. The molecular weight excluding hydrogens is 390 g/mol. The number of aryl methyl sites for hydroxylation is 1. The SMILES string of the molecule is Cc1ccccc1Nc1nnc(SCC(=O)Nc2sccc2C(N)=O)s1. The van der Waals surface area contributed by atoms with Gasteiger partial charge in [0.1, 0.15) is 5.00 Å². The quantitative estimate of drug-likeness (QED) is 0.519. The van der Waals surface area contributed by atoms with Crippen LogP contribution in [0.5, 0.6) is 0 Å². The van der Waals surface area contributed by atoms with Crippen molar-refractivity contribution in [1.29, 1.82) is 0 Å². The summed E-state index contributed by atoms with van der Waals surface area (Å²) in [6, 6.07) is 9.48. The molecule has 1 aromatic carbocycles. The summed E-state index contributed by atoms with van der Waals surface area (Å²) in [6.07, 6.45) is 0. The van der Waals surface area contributed by atoms with Crippen LogP contribution in [0.1, 0.15) is 15.9 Å². The molecule has 2 aromatic heterocycles. The fraction of sp³-hybridized carbons (Fsp3) is 0.125. The van der Waals surface area contributed by atoms with Gasteiger partial charge in [0.05, 0.1) is 11.3 Å². The number of anilines is 3. The Morgan fingerprint density at radius 1 is 1.23 bits per heavy atom. The number of nitrogens with two attached hydrogens (primary N) is 1. The van der Waals surface area contributed by atoms with Gasteiger partial charge in [0.25, 0.3) is 5.91 Å². The molecule has 0 saturated heterocycles. The smallest absolute Gasteiger partial charge is 0.251 e. The minimum Gasteiger partial charge on any atom is -0.366 e. The molecule has 0 bridgehead atoms. The summed E-state index contributed by atoms with van der Waals surface area (Å²) in [4.78, 5) is 23.3.